The molecule has 0 heterocycles. The van der Waals surface area contributed by atoms with Crippen molar-refractivity contribution >= 4 is 5.57 Å². The molecule has 0 unspecified atom stereocenters. The number of hydrogen-bond donors (Lipinski definition) is 0. The van der Waals surface area contributed by atoms with Gasteiger partial charge in [-0.15, -0.1) is 0 Å². The van der Waals surface area contributed by atoms with Gasteiger partial charge in [-0.05, 0) is 25.0 Å². The molecule has 13 heavy (non-hydrogen) atoms. The zero-order valence-corrected chi connectivity index (χ0v) is 7.55. The molecule has 0 N–H and O–H groups in total. The highest BCUT2D eigenvalue weighted by molar-refractivity contribution is 5.72. The van der Waals surface area contributed by atoms with Crippen molar-refractivity contribution in [3.05, 3.63) is 53.4 Å². The summed E-state index contributed by atoms with van der Waals surface area (Å²) in [6.07, 6.45) is 5.01. The van der Waals surface area contributed by atoms with E-state index < -0.39 is 0 Å². The lowest BCUT2D eigenvalue weighted by Gasteiger charge is -2.02. The third-order valence-electron chi connectivity index (χ3n) is 2.27. The van der Waals surface area contributed by atoms with Gasteiger partial charge in [-0.25, -0.2) is 4.39 Å². The van der Waals surface area contributed by atoms with Crippen molar-refractivity contribution in [1.29, 1.82) is 0 Å². The molecular weight excluding hydrogens is 163 g/mol. The molecule has 0 aliphatic heterocycles. The zero-order valence-electron chi connectivity index (χ0n) is 7.55. The molecule has 0 saturated carbocycles. The smallest absolute Gasteiger partial charge is 0.130 e. The molecule has 0 radical (unpaired) electrons. The number of benzene rings is 1. The Morgan fingerprint density at radius 2 is 2.00 bits per heavy atom. The van der Waals surface area contributed by atoms with Gasteiger partial charge in [0, 0.05) is 5.56 Å². The van der Waals surface area contributed by atoms with Gasteiger partial charge in [-0.1, -0.05) is 35.9 Å². The fourth-order valence-electron chi connectivity index (χ4n) is 1.57. The lowest BCUT2D eigenvalue weighted by Crippen LogP contribution is -1.86. The quantitative estimate of drug-likeness (QED) is 0.610. The molecule has 0 aromatic heterocycles. The highest BCUT2D eigenvalue weighted by Crippen LogP contribution is 2.28. The van der Waals surface area contributed by atoms with Crippen LogP contribution in [0.1, 0.15) is 18.9 Å². The maximum Gasteiger partial charge on any atom is 0.130 e. The van der Waals surface area contributed by atoms with Crippen LogP contribution < -0.4 is 0 Å². The molecule has 0 atom stereocenters. The Labute approximate surface area is 77.4 Å². The molecule has 1 aliphatic rings. The van der Waals surface area contributed by atoms with Crippen LogP contribution in [0, 0.1) is 5.82 Å². The molecule has 0 fully saturated rings. The third kappa shape index (κ3) is 1.55. The van der Waals surface area contributed by atoms with E-state index in [0.29, 0.717) is 0 Å². The van der Waals surface area contributed by atoms with Gasteiger partial charge in [0.2, 0.25) is 0 Å². The lowest BCUT2D eigenvalue weighted by atomic mass is 10.0. The van der Waals surface area contributed by atoms with Crippen LogP contribution >= 0.6 is 0 Å². The van der Waals surface area contributed by atoms with Crippen molar-refractivity contribution in [3.8, 4) is 0 Å². The fraction of sp³-hybridized carbons (Fsp3) is 0.167. The maximum absolute atomic E-state index is 13.3. The average molecular weight is 174 g/mol. The third-order valence-corrected chi connectivity index (χ3v) is 2.27. The van der Waals surface area contributed by atoms with E-state index in [-0.39, 0.29) is 5.82 Å². The second-order valence-electron chi connectivity index (χ2n) is 3.30. The minimum atomic E-state index is -0.128. The van der Waals surface area contributed by atoms with Gasteiger partial charge in [0.05, 0.1) is 0 Å². The molecule has 1 aromatic carbocycles. The summed E-state index contributed by atoms with van der Waals surface area (Å²) >= 11 is 0. The molecule has 2 rings (SSSR count). The summed E-state index contributed by atoms with van der Waals surface area (Å²) in [5, 5.41) is 0. The van der Waals surface area contributed by atoms with E-state index >= 15 is 0 Å². The minimum absolute atomic E-state index is 0.128. The Hall–Kier alpha value is -1.37. The summed E-state index contributed by atoms with van der Waals surface area (Å²) in [5.74, 6) is -0.128. The van der Waals surface area contributed by atoms with Crippen molar-refractivity contribution in [2.24, 2.45) is 0 Å². The van der Waals surface area contributed by atoms with Crippen molar-refractivity contribution in [3.63, 3.8) is 0 Å². The summed E-state index contributed by atoms with van der Waals surface area (Å²) in [4.78, 5) is 0. The van der Waals surface area contributed by atoms with Gasteiger partial charge < -0.3 is 0 Å². The summed E-state index contributed by atoms with van der Waals surface area (Å²) in [5.41, 5.74) is 3.03. The van der Waals surface area contributed by atoms with Crippen LogP contribution in [0.4, 0.5) is 4.39 Å². The van der Waals surface area contributed by atoms with Crippen LogP contribution in [-0.2, 0) is 0 Å². The summed E-state index contributed by atoms with van der Waals surface area (Å²) in [6.45, 7) is 2.04. The van der Waals surface area contributed by atoms with Gasteiger partial charge in [-0.3, -0.25) is 0 Å². The average Bonchev–Trinajstić information content (AvgIpc) is 2.53. The molecule has 0 spiro atoms. The van der Waals surface area contributed by atoms with Crippen molar-refractivity contribution in [2.45, 2.75) is 13.3 Å². The van der Waals surface area contributed by atoms with Crippen molar-refractivity contribution < 1.29 is 4.39 Å². The largest absolute Gasteiger partial charge is 0.206 e. The first-order chi connectivity index (χ1) is 6.27. The molecule has 0 amide bonds. The normalized spacial score (nSPS) is 15.5. The van der Waals surface area contributed by atoms with E-state index in [9.17, 15) is 4.39 Å². The number of hydrogen-bond acceptors (Lipinski definition) is 0. The molecule has 0 saturated heterocycles. The van der Waals surface area contributed by atoms with Crippen molar-refractivity contribution in [2.75, 3.05) is 0 Å². The Kier molecular flexibility index (Phi) is 2.01. The summed E-state index contributed by atoms with van der Waals surface area (Å²) in [7, 11) is 0. The first-order valence-electron chi connectivity index (χ1n) is 4.39. The standard InChI is InChI=1S/C12H11F/c1-9-6-7-10(8-9)11-4-2-3-5-12(11)13/h2-6,8H,7H2,1H3. The second-order valence-corrected chi connectivity index (χ2v) is 3.30. The summed E-state index contributed by atoms with van der Waals surface area (Å²) < 4.78 is 13.3. The van der Waals surface area contributed by atoms with Gasteiger partial charge in [-0.2, -0.15) is 0 Å². The molecule has 1 aromatic rings. The first-order valence-corrected chi connectivity index (χ1v) is 4.39. The zero-order chi connectivity index (χ0) is 9.26. The van der Waals surface area contributed by atoms with E-state index in [1.54, 1.807) is 6.07 Å². The highest BCUT2D eigenvalue weighted by atomic mass is 19.1. The summed E-state index contributed by atoms with van der Waals surface area (Å²) in [6, 6.07) is 6.92. The Morgan fingerprint density at radius 1 is 1.23 bits per heavy atom. The SMILES string of the molecule is CC1=CCC(c2ccccc2F)=C1. The minimum Gasteiger partial charge on any atom is -0.206 e. The predicted molar refractivity (Wildman–Crippen MR) is 52.8 cm³/mol. The Balaban J connectivity index is 2.38. The second kappa shape index (κ2) is 3.17. The van der Waals surface area contributed by atoms with Gasteiger partial charge in [0.25, 0.3) is 0 Å². The molecule has 1 heteroatoms. The maximum atomic E-state index is 13.3. The van der Waals surface area contributed by atoms with Crippen LogP contribution in [0.15, 0.2) is 42.0 Å². The van der Waals surface area contributed by atoms with E-state index in [4.69, 9.17) is 0 Å². The highest BCUT2D eigenvalue weighted by Gasteiger charge is 2.09. The van der Waals surface area contributed by atoms with Gasteiger partial charge >= 0.3 is 0 Å². The van der Waals surface area contributed by atoms with Gasteiger partial charge in [0.1, 0.15) is 5.82 Å². The van der Waals surface area contributed by atoms with Crippen molar-refractivity contribution in [1.82, 2.24) is 0 Å². The van der Waals surface area contributed by atoms with Gasteiger partial charge in [0.15, 0.2) is 0 Å². The number of rotatable bonds is 1. The van der Waals surface area contributed by atoms with Crippen LogP contribution in [0.3, 0.4) is 0 Å². The molecule has 1 aliphatic carbocycles. The molecule has 0 bridgehead atoms. The fourth-order valence-corrected chi connectivity index (χ4v) is 1.57. The lowest BCUT2D eigenvalue weighted by molar-refractivity contribution is 0.623. The van der Waals surface area contributed by atoms with E-state index in [2.05, 4.69) is 6.08 Å². The Bertz CT molecular complexity index is 386. The van der Waals surface area contributed by atoms with E-state index in [1.807, 2.05) is 25.1 Å². The van der Waals surface area contributed by atoms with Crippen LogP contribution in [0.5, 0.6) is 0 Å². The molecule has 0 nitrogen and oxygen atoms in total. The monoisotopic (exact) mass is 174 g/mol. The molecular formula is C12H11F. The van der Waals surface area contributed by atoms with E-state index in [1.165, 1.54) is 11.6 Å². The van der Waals surface area contributed by atoms with Crippen LogP contribution in [-0.4, -0.2) is 0 Å². The number of allylic oxidation sites excluding steroid dienone is 4. The first kappa shape index (κ1) is 8.24. The Morgan fingerprint density at radius 3 is 2.62 bits per heavy atom. The van der Waals surface area contributed by atoms with E-state index in [0.717, 1.165) is 17.6 Å². The van der Waals surface area contributed by atoms with Crippen LogP contribution in [0.2, 0.25) is 0 Å². The molecule has 66 valence electrons. The topological polar surface area (TPSA) is 0 Å². The number of halogens is 1. The van der Waals surface area contributed by atoms with Crippen LogP contribution in [0.25, 0.3) is 5.57 Å². The predicted octanol–water partition coefficient (Wildman–Crippen LogP) is 3.56.